The predicted molar refractivity (Wildman–Crippen MR) is 509 cm³/mol. The minimum Gasteiger partial charge on any atom is -0.305 e. The summed E-state index contributed by atoms with van der Waals surface area (Å²) in [5.74, 6) is 0. The van der Waals surface area contributed by atoms with Gasteiger partial charge >= 0.3 is 0 Å². The molecular weight excluding hydrogens is 2310 g/mol. The van der Waals surface area contributed by atoms with Gasteiger partial charge in [-0.1, -0.05) is 187 Å². The zero-order valence-corrected chi connectivity index (χ0v) is 81.7. The van der Waals surface area contributed by atoms with E-state index < -0.39 is 0 Å². The Bertz CT molecular complexity index is 6040. The van der Waals surface area contributed by atoms with Crippen LogP contribution in [0.5, 0.6) is 0 Å². The summed E-state index contributed by atoms with van der Waals surface area (Å²) in [4.78, 5) is 51.5. The van der Waals surface area contributed by atoms with E-state index in [2.05, 4.69) is 173 Å². The largest absolute Gasteiger partial charge is 0.305 e. The Hall–Kier alpha value is -13.8. The van der Waals surface area contributed by atoms with Crippen molar-refractivity contribution in [1.29, 1.82) is 0 Å². The maximum atomic E-state index is 4.55. The summed E-state index contributed by atoms with van der Waals surface area (Å²) in [7, 11) is 0. The van der Waals surface area contributed by atoms with Crippen LogP contribution in [0.1, 0.15) is 33.5 Å². The fraction of sp³-hybridized carbons (Fsp3) is 0.0526. The minimum absolute atomic E-state index is 0. The van der Waals surface area contributed by atoms with E-state index in [9.17, 15) is 0 Å². The zero-order chi connectivity index (χ0) is 87.0. The molecule has 0 aliphatic heterocycles. The SMILES string of the molecule is Cc1cc(-c2[c-]cccc2)ncc1-c1ccccc1.Cc1cc(-c2[c-]cccc2)ncn1.Cc1cnc(-c2[c-]cccc2)cc1C.Cc1cnc(-c2[c-]cccc2)cc1C.[Ir].[Ir].[Ir].[Ir].[c-]1ccccc1-c1cc(-c2ccccc2)ncn1.[c-]1ccccc1-c1cc(-c2ccccc2)ncn1.[c-]1ccccc1-c1cc(-c2ccccc2)ncn1.[c-]1ccccc1-c1ccccn1. The van der Waals surface area contributed by atoms with E-state index in [1.54, 1.807) is 31.5 Å². The predicted octanol–water partition coefficient (Wildman–Crippen LogP) is 26.5. The summed E-state index contributed by atoms with van der Waals surface area (Å²) in [5.41, 5.74) is 31.3. The first-order chi connectivity index (χ1) is 62.0. The number of aromatic nitrogens is 12. The monoisotopic (exact) mass is 2400 g/mol. The third-order valence-electron chi connectivity index (χ3n) is 19.5. The van der Waals surface area contributed by atoms with E-state index in [0.717, 1.165) is 130 Å². The summed E-state index contributed by atoms with van der Waals surface area (Å²) in [6.45, 7) is 12.4. The number of benzene rings is 12. The number of hydrogen-bond donors (Lipinski definition) is 0. The van der Waals surface area contributed by atoms with Crippen LogP contribution >= 0.6 is 0 Å². The third-order valence-corrected chi connectivity index (χ3v) is 19.5. The topological polar surface area (TPSA) is 155 Å². The molecule has 0 bridgehead atoms. The van der Waals surface area contributed by atoms with Crippen LogP contribution in [0.2, 0.25) is 0 Å². The molecule has 0 N–H and O–H groups in total. The molecule has 0 amide bonds. The molecule has 16 heteroatoms. The minimum atomic E-state index is 0. The summed E-state index contributed by atoms with van der Waals surface area (Å²) in [6, 6.07) is 149. The van der Waals surface area contributed by atoms with Crippen LogP contribution in [0.3, 0.4) is 0 Å². The van der Waals surface area contributed by atoms with Gasteiger partial charge in [0, 0.05) is 116 Å². The number of aryl methyl sites for hydroxylation is 6. The Morgan fingerprint density at radius 2 is 0.408 bits per heavy atom. The smallest absolute Gasteiger partial charge is 0.106 e. The first-order valence-corrected chi connectivity index (χ1v) is 41.0. The quantitative estimate of drug-likeness (QED) is 0.107. The Morgan fingerprint density at radius 1 is 0.169 bits per heavy atom. The van der Waals surface area contributed by atoms with Gasteiger partial charge in [-0.25, -0.2) is 19.9 Å². The molecule has 0 saturated heterocycles. The van der Waals surface area contributed by atoms with Gasteiger partial charge in [-0.3, -0.25) is 19.9 Å². The van der Waals surface area contributed by atoms with Gasteiger partial charge in [0.05, 0.1) is 17.1 Å². The average molecular weight is 2390 g/mol. The van der Waals surface area contributed by atoms with E-state index in [1.807, 2.05) is 371 Å². The van der Waals surface area contributed by atoms with Crippen LogP contribution in [0.15, 0.2) is 426 Å². The molecule has 12 nitrogen and oxygen atoms in total. The second-order valence-corrected chi connectivity index (χ2v) is 28.5. The van der Waals surface area contributed by atoms with Gasteiger partial charge in [-0.15, -0.1) is 287 Å². The van der Waals surface area contributed by atoms with Crippen molar-refractivity contribution in [3.63, 3.8) is 0 Å². The Kier molecular flexibility index (Phi) is 41.8. The Balaban J connectivity index is 0.000000167. The van der Waals surface area contributed by atoms with Crippen LogP contribution in [0.4, 0.5) is 0 Å². The zero-order valence-electron chi connectivity index (χ0n) is 72.1. The van der Waals surface area contributed by atoms with Crippen molar-refractivity contribution in [1.82, 2.24) is 59.8 Å². The van der Waals surface area contributed by atoms with Crippen LogP contribution in [-0.4, -0.2) is 59.8 Å². The normalized spacial score (nSPS) is 9.83. The fourth-order valence-electron chi connectivity index (χ4n) is 12.5. The van der Waals surface area contributed by atoms with Gasteiger partial charge < -0.3 is 19.9 Å². The molecule has 20 rings (SSSR count). The molecule has 0 aliphatic carbocycles. The number of nitrogens with zero attached hydrogens (tertiary/aromatic N) is 12. The second-order valence-electron chi connectivity index (χ2n) is 28.5. The molecule has 0 aliphatic rings. The number of rotatable bonds is 12. The van der Waals surface area contributed by atoms with Gasteiger partial charge in [0.1, 0.15) is 25.3 Å². The molecule has 12 aromatic carbocycles. The maximum Gasteiger partial charge on any atom is 0.106 e. The summed E-state index contributed by atoms with van der Waals surface area (Å²) < 4.78 is 0. The fourth-order valence-corrected chi connectivity index (χ4v) is 12.5. The third kappa shape index (κ3) is 31.0. The van der Waals surface area contributed by atoms with Crippen LogP contribution in [0.25, 0.3) is 135 Å². The molecule has 130 heavy (non-hydrogen) atoms. The molecule has 8 aromatic heterocycles. The van der Waals surface area contributed by atoms with E-state index in [1.165, 1.54) is 38.9 Å². The molecular formula is C114H88Ir4N12-8. The first-order valence-electron chi connectivity index (χ1n) is 41.0. The van der Waals surface area contributed by atoms with Crippen molar-refractivity contribution in [3.05, 3.63) is 508 Å². The van der Waals surface area contributed by atoms with Crippen molar-refractivity contribution in [2.24, 2.45) is 0 Å². The van der Waals surface area contributed by atoms with Crippen molar-refractivity contribution >= 4 is 0 Å². The molecule has 0 saturated carbocycles. The second kappa shape index (κ2) is 54.4. The van der Waals surface area contributed by atoms with E-state index >= 15 is 0 Å². The van der Waals surface area contributed by atoms with Crippen molar-refractivity contribution in [2.75, 3.05) is 0 Å². The molecule has 0 spiro atoms. The van der Waals surface area contributed by atoms with Gasteiger partial charge in [0.15, 0.2) is 0 Å². The van der Waals surface area contributed by atoms with Crippen molar-refractivity contribution in [3.8, 4) is 135 Å². The summed E-state index contributed by atoms with van der Waals surface area (Å²) in [5, 5.41) is 0. The van der Waals surface area contributed by atoms with E-state index in [4.69, 9.17) is 0 Å². The van der Waals surface area contributed by atoms with E-state index in [-0.39, 0.29) is 80.4 Å². The van der Waals surface area contributed by atoms with Crippen LogP contribution in [0, 0.1) is 90.1 Å². The molecule has 648 valence electrons. The molecule has 0 fully saturated rings. The Morgan fingerprint density at radius 3 is 0.669 bits per heavy atom. The van der Waals surface area contributed by atoms with Crippen molar-refractivity contribution < 1.29 is 80.4 Å². The van der Waals surface area contributed by atoms with E-state index in [0.29, 0.717) is 0 Å². The molecule has 4 radical (unpaired) electrons. The molecule has 8 heterocycles. The van der Waals surface area contributed by atoms with Crippen LogP contribution in [-0.2, 0) is 80.4 Å². The maximum absolute atomic E-state index is 4.55. The Labute approximate surface area is 817 Å². The van der Waals surface area contributed by atoms with Gasteiger partial charge in [0.25, 0.3) is 0 Å². The van der Waals surface area contributed by atoms with Gasteiger partial charge in [-0.2, -0.15) is 0 Å². The molecule has 20 aromatic rings. The first kappa shape index (κ1) is 99.9. The summed E-state index contributed by atoms with van der Waals surface area (Å²) in [6.07, 6.45) is 13.9. The summed E-state index contributed by atoms with van der Waals surface area (Å²) >= 11 is 0. The molecule has 0 unspecified atom stereocenters. The number of hydrogen-bond acceptors (Lipinski definition) is 12. The average Bonchev–Trinajstić information content (AvgIpc) is 0.824. The number of pyridine rings is 4. The standard InChI is InChI=1S/C18H14N.3C16H11N2.2C13H12N.C11H9N2.C11H8N.4Ir/c1-14-12-18(16-10-6-3-7-11-16)19-13-17(14)15-8-4-2-5-9-15;3*1-3-7-13(8-4-1)15-11-16(18-12-17-15)14-9-5-2-6-10-14;2*1-10-8-13(14-9-11(10)2)12-6-4-3-5-7-12;1-9-7-11(13-8-12-9)10-5-3-2-4-6-10;1-2-6-10(7-3-1)11-8-4-5-9-12-11;;;;/h2-10,12-13H,1H3;3*1-9,11-12H;2*3-6,8-9H,1-2H3;2-5,7-8H,1H3;1-6,8-9H;;;;/q8*-1;;;;. The van der Waals surface area contributed by atoms with Gasteiger partial charge in [-0.05, 0) is 132 Å². The molecule has 0 atom stereocenters. The van der Waals surface area contributed by atoms with Crippen LogP contribution < -0.4 is 0 Å². The van der Waals surface area contributed by atoms with Crippen molar-refractivity contribution in [2.45, 2.75) is 41.5 Å². The van der Waals surface area contributed by atoms with Gasteiger partial charge in [0.2, 0.25) is 0 Å².